The van der Waals surface area contributed by atoms with Crippen LogP contribution in [0.4, 0.5) is 5.69 Å². The lowest BCUT2D eigenvalue weighted by atomic mass is 10.3. The van der Waals surface area contributed by atoms with E-state index in [1.165, 1.54) is 11.9 Å². The van der Waals surface area contributed by atoms with Gasteiger partial charge in [0.15, 0.2) is 5.82 Å². The lowest BCUT2D eigenvalue weighted by Crippen LogP contribution is -2.22. The number of anilines is 1. The molecule has 0 saturated carbocycles. The van der Waals surface area contributed by atoms with Crippen LogP contribution in [0, 0.1) is 0 Å². The van der Waals surface area contributed by atoms with E-state index in [1.54, 1.807) is 6.21 Å². The van der Waals surface area contributed by atoms with E-state index in [0.717, 1.165) is 16.7 Å². The van der Waals surface area contributed by atoms with E-state index in [-0.39, 0.29) is 5.91 Å². The Hall–Kier alpha value is -2.95. The van der Waals surface area contributed by atoms with Crippen molar-refractivity contribution < 1.29 is 4.79 Å². The average Bonchev–Trinajstić information content (AvgIpc) is 2.85. The molecule has 1 heterocycles. The van der Waals surface area contributed by atoms with Gasteiger partial charge in [0, 0.05) is 14.0 Å². The Morgan fingerprint density at radius 3 is 2.50 bits per heavy atom. The number of para-hydroxylation sites is 3. The standard InChI is InChI=1S/C17H16N4O/c1-13(22)21(14-8-4-3-5-9-14)18-12-17-19-15-10-6-7-11-16(15)20(17)2/h3-12H,1-2H3/b18-12+. The van der Waals surface area contributed by atoms with E-state index in [9.17, 15) is 4.79 Å². The molecule has 0 atom stereocenters. The fourth-order valence-corrected chi connectivity index (χ4v) is 2.29. The number of carbonyl (C=O) groups is 1. The first-order valence-corrected chi connectivity index (χ1v) is 6.98. The Balaban J connectivity index is 1.96. The maximum absolute atomic E-state index is 11.8. The molecule has 0 aliphatic heterocycles. The average molecular weight is 292 g/mol. The van der Waals surface area contributed by atoms with Crippen molar-refractivity contribution in [1.82, 2.24) is 9.55 Å². The van der Waals surface area contributed by atoms with Gasteiger partial charge in [-0.05, 0) is 24.3 Å². The van der Waals surface area contributed by atoms with Crippen LogP contribution in [0.15, 0.2) is 59.7 Å². The summed E-state index contributed by atoms with van der Waals surface area (Å²) in [6.07, 6.45) is 1.61. The molecule has 1 amide bonds. The molecule has 0 aliphatic rings. The summed E-state index contributed by atoms with van der Waals surface area (Å²) in [7, 11) is 1.93. The van der Waals surface area contributed by atoms with Crippen LogP contribution in [0.5, 0.6) is 0 Å². The fraction of sp³-hybridized carbons (Fsp3) is 0.118. The number of benzene rings is 2. The van der Waals surface area contributed by atoms with Crippen molar-refractivity contribution in [2.24, 2.45) is 12.1 Å². The minimum Gasteiger partial charge on any atom is -0.326 e. The predicted octanol–water partition coefficient (Wildman–Crippen LogP) is 2.96. The van der Waals surface area contributed by atoms with Crippen molar-refractivity contribution in [2.75, 3.05) is 5.01 Å². The highest BCUT2D eigenvalue weighted by molar-refractivity contribution is 5.93. The first-order valence-electron chi connectivity index (χ1n) is 6.98. The van der Waals surface area contributed by atoms with E-state index in [1.807, 2.05) is 66.2 Å². The van der Waals surface area contributed by atoms with Gasteiger partial charge in [-0.25, -0.2) is 9.99 Å². The van der Waals surface area contributed by atoms with Crippen LogP contribution < -0.4 is 5.01 Å². The van der Waals surface area contributed by atoms with Gasteiger partial charge in [0.1, 0.15) is 0 Å². The van der Waals surface area contributed by atoms with Gasteiger partial charge in [-0.1, -0.05) is 30.3 Å². The van der Waals surface area contributed by atoms with Gasteiger partial charge in [0.05, 0.1) is 22.9 Å². The second kappa shape index (κ2) is 5.81. The summed E-state index contributed by atoms with van der Waals surface area (Å²) in [6, 6.07) is 17.2. The van der Waals surface area contributed by atoms with E-state index in [0.29, 0.717) is 5.82 Å². The lowest BCUT2D eigenvalue weighted by Gasteiger charge is -2.14. The lowest BCUT2D eigenvalue weighted by molar-refractivity contribution is -0.116. The summed E-state index contributed by atoms with van der Waals surface area (Å²) >= 11 is 0. The number of fused-ring (bicyclic) bond motifs is 1. The Kier molecular flexibility index (Phi) is 3.70. The highest BCUT2D eigenvalue weighted by atomic mass is 16.2. The van der Waals surface area contributed by atoms with Crippen LogP contribution in [-0.2, 0) is 11.8 Å². The van der Waals surface area contributed by atoms with E-state index in [4.69, 9.17) is 0 Å². The molecular weight excluding hydrogens is 276 g/mol. The Bertz CT molecular complexity index is 836. The van der Waals surface area contributed by atoms with Crippen molar-refractivity contribution in [3.63, 3.8) is 0 Å². The van der Waals surface area contributed by atoms with Crippen molar-refractivity contribution in [1.29, 1.82) is 0 Å². The van der Waals surface area contributed by atoms with Crippen LogP contribution in [-0.4, -0.2) is 21.7 Å². The van der Waals surface area contributed by atoms with Gasteiger partial charge in [0.25, 0.3) is 0 Å². The number of aromatic nitrogens is 2. The van der Waals surface area contributed by atoms with Gasteiger partial charge < -0.3 is 4.57 Å². The summed E-state index contributed by atoms with van der Waals surface area (Å²) in [4.78, 5) is 16.3. The number of amides is 1. The smallest absolute Gasteiger partial charge is 0.244 e. The van der Waals surface area contributed by atoms with E-state index in [2.05, 4.69) is 10.1 Å². The van der Waals surface area contributed by atoms with Gasteiger partial charge in [-0.2, -0.15) is 5.10 Å². The largest absolute Gasteiger partial charge is 0.326 e. The second-order valence-corrected chi connectivity index (χ2v) is 4.93. The van der Waals surface area contributed by atoms with Gasteiger partial charge >= 0.3 is 0 Å². The Morgan fingerprint density at radius 2 is 1.82 bits per heavy atom. The Labute approximate surface area is 128 Å². The molecule has 0 aliphatic carbocycles. The van der Waals surface area contributed by atoms with Crippen LogP contribution in [0.25, 0.3) is 11.0 Å². The number of nitrogens with zero attached hydrogens (tertiary/aromatic N) is 4. The maximum atomic E-state index is 11.8. The maximum Gasteiger partial charge on any atom is 0.244 e. The highest BCUT2D eigenvalue weighted by Gasteiger charge is 2.10. The number of hydrogen-bond donors (Lipinski definition) is 0. The molecule has 0 N–H and O–H groups in total. The van der Waals surface area contributed by atoms with Gasteiger partial charge in [-0.15, -0.1) is 0 Å². The van der Waals surface area contributed by atoms with E-state index >= 15 is 0 Å². The molecule has 3 rings (SSSR count). The second-order valence-electron chi connectivity index (χ2n) is 4.93. The molecule has 2 aromatic carbocycles. The number of hydrazone groups is 1. The zero-order valence-electron chi connectivity index (χ0n) is 12.5. The molecule has 1 aromatic heterocycles. The normalized spacial score (nSPS) is 11.2. The molecule has 0 fully saturated rings. The van der Waals surface area contributed by atoms with Crippen LogP contribution in [0.2, 0.25) is 0 Å². The minimum atomic E-state index is -0.152. The van der Waals surface area contributed by atoms with Gasteiger partial charge in [0.2, 0.25) is 5.91 Å². The molecule has 5 nitrogen and oxygen atoms in total. The first kappa shape index (κ1) is 14.0. The van der Waals surface area contributed by atoms with Crippen LogP contribution in [0.1, 0.15) is 12.7 Å². The monoisotopic (exact) mass is 292 g/mol. The molecule has 22 heavy (non-hydrogen) atoms. The fourth-order valence-electron chi connectivity index (χ4n) is 2.29. The molecule has 0 unspecified atom stereocenters. The number of rotatable bonds is 3. The van der Waals surface area contributed by atoms with Crippen molar-refractivity contribution in [3.8, 4) is 0 Å². The quantitative estimate of drug-likeness (QED) is 0.550. The third kappa shape index (κ3) is 2.61. The van der Waals surface area contributed by atoms with Crippen LogP contribution in [0.3, 0.4) is 0 Å². The zero-order valence-corrected chi connectivity index (χ0v) is 12.5. The van der Waals surface area contributed by atoms with Crippen molar-refractivity contribution in [2.45, 2.75) is 6.92 Å². The number of hydrogen-bond acceptors (Lipinski definition) is 3. The molecule has 110 valence electrons. The number of carbonyl (C=O) groups excluding carboxylic acids is 1. The zero-order chi connectivity index (χ0) is 15.5. The Morgan fingerprint density at radius 1 is 1.14 bits per heavy atom. The molecular formula is C17H16N4O. The molecule has 0 saturated heterocycles. The third-order valence-electron chi connectivity index (χ3n) is 3.41. The van der Waals surface area contributed by atoms with Crippen molar-refractivity contribution in [3.05, 3.63) is 60.4 Å². The number of aryl methyl sites for hydroxylation is 1. The summed E-state index contributed by atoms with van der Waals surface area (Å²) in [5.74, 6) is 0.546. The predicted molar refractivity (Wildman–Crippen MR) is 87.9 cm³/mol. The topological polar surface area (TPSA) is 50.5 Å². The molecule has 0 spiro atoms. The summed E-state index contributed by atoms with van der Waals surface area (Å²) in [6.45, 7) is 1.49. The molecule has 3 aromatic rings. The molecule has 0 radical (unpaired) electrons. The summed E-state index contributed by atoms with van der Waals surface area (Å²) in [5.41, 5.74) is 2.66. The third-order valence-corrected chi connectivity index (χ3v) is 3.41. The number of imidazole rings is 1. The van der Waals surface area contributed by atoms with Crippen molar-refractivity contribution >= 4 is 28.8 Å². The van der Waals surface area contributed by atoms with E-state index < -0.39 is 0 Å². The molecule has 5 heteroatoms. The first-order chi connectivity index (χ1) is 10.7. The summed E-state index contributed by atoms with van der Waals surface area (Å²) < 4.78 is 1.95. The minimum absolute atomic E-state index is 0.152. The highest BCUT2D eigenvalue weighted by Crippen LogP contribution is 2.15. The summed E-state index contributed by atoms with van der Waals surface area (Å²) in [5, 5.41) is 5.66. The van der Waals surface area contributed by atoms with Crippen LogP contribution >= 0.6 is 0 Å². The van der Waals surface area contributed by atoms with Gasteiger partial charge in [-0.3, -0.25) is 4.79 Å². The SMILES string of the molecule is CC(=O)N(/N=C/c1nc2ccccc2n1C)c1ccccc1. The molecule has 0 bridgehead atoms.